The number of hydrogen-bond donors (Lipinski definition) is 0. The van der Waals surface area contributed by atoms with Crippen molar-refractivity contribution in [1.82, 2.24) is 4.40 Å². The molecule has 0 aliphatic rings. The number of nitrogens with zero attached hydrogens (tertiary/aromatic N) is 1. The number of halogens is 1. The van der Waals surface area contributed by atoms with Gasteiger partial charge in [-0.25, -0.2) is 21.2 Å². The number of aryl methyl sites for hydroxylation is 1. The van der Waals surface area contributed by atoms with Gasteiger partial charge in [0.2, 0.25) is 5.78 Å². The Kier molecular flexibility index (Phi) is 6.90. The summed E-state index contributed by atoms with van der Waals surface area (Å²) in [5.41, 5.74) is 0.802. The normalized spacial score (nSPS) is 12.4. The van der Waals surface area contributed by atoms with E-state index in [9.17, 15) is 26.0 Å². The molecule has 0 amide bonds. The maximum atomic E-state index is 13.5. The fourth-order valence-electron chi connectivity index (χ4n) is 3.75. The summed E-state index contributed by atoms with van der Waals surface area (Å²) >= 11 is 0. The second-order valence-corrected chi connectivity index (χ2v) is 11.7. The first kappa shape index (κ1) is 24.1. The summed E-state index contributed by atoms with van der Waals surface area (Å²) in [6.07, 6.45) is 2.68. The van der Waals surface area contributed by atoms with Crippen LogP contribution in [0.2, 0.25) is 0 Å². The topological polar surface area (TPSA) is 89.8 Å². The minimum absolute atomic E-state index is 0.0674. The number of benzene rings is 1. The molecule has 0 saturated heterocycles. The van der Waals surface area contributed by atoms with Crippen LogP contribution in [0.3, 0.4) is 0 Å². The van der Waals surface area contributed by atoms with E-state index >= 15 is 0 Å². The predicted molar refractivity (Wildman–Crippen MR) is 121 cm³/mol. The number of carbonyl (C=O) groups excluding carboxylic acids is 1. The fourth-order valence-corrected chi connectivity index (χ4v) is 7.72. The van der Waals surface area contributed by atoms with Gasteiger partial charge in [-0.05, 0) is 61.2 Å². The van der Waals surface area contributed by atoms with Crippen LogP contribution in [-0.2, 0) is 26.1 Å². The molecule has 0 aliphatic heterocycles. The Hall–Kier alpha value is -2.52. The number of hydrogen-bond acceptors (Lipinski definition) is 5. The van der Waals surface area contributed by atoms with Crippen molar-refractivity contribution in [2.45, 2.75) is 49.8 Å². The third-order valence-electron chi connectivity index (χ3n) is 5.21. The van der Waals surface area contributed by atoms with E-state index in [0.29, 0.717) is 12.8 Å². The molecule has 0 bridgehead atoms. The second kappa shape index (κ2) is 9.15. The highest BCUT2D eigenvalue weighted by atomic mass is 32.2. The third kappa shape index (κ3) is 4.36. The Morgan fingerprint density at radius 2 is 1.44 bits per heavy atom. The molecule has 3 rings (SSSR count). The van der Waals surface area contributed by atoms with Gasteiger partial charge in [0, 0.05) is 11.8 Å². The summed E-state index contributed by atoms with van der Waals surface area (Å²) in [7, 11) is -8.12. The quantitative estimate of drug-likeness (QED) is 0.428. The minimum atomic E-state index is -4.11. The van der Waals surface area contributed by atoms with Gasteiger partial charge in [0.25, 0.3) is 0 Å². The number of carbonyl (C=O) groups is 1. The summed E-state index contributed by atoms with van der Waals surface area (Å²) in [5, 5.41) is 0. The van der Waals surface area contributed by atoms with Gasteiger partial charge in [-0.3, -0.25) is 4.79 Å². The molecule has 2 aromatic heterocycles. The smallest absolute Gasteiger partial charge is 0.211 e. The van der Waals surface area contributed by atoms with Crippen LogP contribution in [0.1, 0.15) is 55.2 Å². The van der Waals surface area contributed by atoms with E-state index < -0.39 is 36.2 Å². The lowest BCUT2D eigenvalue weighted by Crippen LogP contribution is -2.17. The first-order valence-corrected chi connectivity index (χ1v) is 13.8. The lowest BCUT2D eigenvalue weighted by Gasteiger charge is -2.09. The van der Waals surface area contributed by atoms with Gasteiger partial charge >= 0.3 is 0 Å². The zero-order valence-corrected chi connectivity index (χ0v) is 19.9. The molecule has 6 nitrogen and oxygen atoms in total. The van der Waals surface area contributed by atoms with Crippen molar-refractivity contribution in [2.75, 3.05) is 11.5 Å². The maximum absolute atomic E-state index is 13.5. The average Bonchev–Trinajstić information content (AvgIpc) is 3.10. The van der Waals surface area contributed by atoms with E-state index in [0.717, 1.165) is 17.7 Å². The maximum Gasteiger partial charge on any atom is 0.211 e. The molecule has 172 valence electrons. The van der Waals surface area contributed by atoms with Crippen LogP contribution in [-0.4, -0.2) is 38.5 Å². The van der Waals surface area contributed by atoms with Crippen LogP contribution in [0.15, 0.2) is 52.4 Å². The Labute approximate surface area is 187 Å². The van der Waals surface area contributed by atoms with Crippen LogP contribution >= 0.6 is 0 Å². The minimum Gasteiger partial charge on any atom is -0.311 e. The van der Waals surface area contributed by atoms with Gasteiger partial charge in [0.15, 0.2) is 19.7 Å². The van der Waals surface area contributed by atoms with Crippen molar-refractivity contribution in [3.63, 3.8) is 0 Å². The van der Waals surface area contributed by atoms with Gasteiger partial charge in [-0.15, -0.1) is 0 Å². The molecule has 0 saturated carbocycles. The van der Waals surface area contributed by atoms with Gasteiger partial charge in [0.1, 0.15) is 21.3 Å². The van der Waals surface area contributed by atoms with E-state index in [2.05, 4.69) is 0 Å². The van der Waals surface area contributed by atoms with Crippen molar-refractivity contribution in [2.24, 2.45) is 0 Å². The average molecular weight is 480 g/mol. The highest BCUT2D eigenvalue weighted by Crippen LogP contribution is 2.36. The Balaban J connectivity index is 2.52. The monoisotopic (exact) mass is 479 g/mol. The van der Waals surface area contributed by atoms with Crippen molar-refractivity contribution >= 4 is 31.0 Å². The molecule has 0 aliphatic carbocycles. The molecular formula is C23H26FNO5S2. The number of aromatic nitrogens is 1. The number of fused-ring (bicyclic) bond motifs is 1. The molecule has 0 fully saturated rings. The number of pyridine rings is 1. The molecule has 0 N–H and O–H groups in total. The summed E-state index contributed by atoms with van der Waals surface area (Å²) in [5.74, 6) is -1.78. The van der Waals surface area contributed by atoms with Crippen LogP contribution in [0.25, 0.3) is 5.52 Å². The Morgan fingerprint density at radius 3 is 1.97 bits per heavy atom. The number of sulfone groups is 2. The molecule has 0 atom stereocenters. The molecule has 2 heterocycles. The summed E-state index contributed by atoms with van der Waals surface area (Å²) < 4.78 is 68.0. The third-order valence-corrected chi connectivity index (χ3v) is 9.29. The summed E-state index contributed by atoms with van der Waals surface area (Å²) in [4.78, 5) is 12.7. The highest BCUT2D eigenvalue weighted by Gasteiger charge is 2.37. The molecule has 0 spiro atoms. The van der Waals surface area contributed by atoms with Gasteiger partial charge in [-0.1, -0.05) is 20.8 Å². The molecular weight excluding hydrogens is 453 g/mol. The van der Waals surface area contributed by atoms with Crippen molar-refractivity contribution in [1.29, 1.82) is 0 Å². The van der Waals surface area contributed by atoms with Crippen molar-refractivity contribution < 1.29 is 26.0 Å². The lowest BCUT2D eigenvalue weighted by molar-refractivity contribution is 0.103. The summed E-state index contributed by atoms with van der Waals surface area (Å²) in [6.45, 7) is 5.26. The standard InChI is InChI=1S/C23H26FNO5S2/c1-4-13-31(27,28)22-19-15-16(6-3)11-12-25(19)20(23(22)32(29,30)14-5-2)21(26)17-7-9-18(24)10-8-17/h7-12,15H,4-6,13-14H2,1-3H3. The number of rotatable bonds is 9. The Bertz CT molecular complexity index is 1370. The Morgan fingerprint density at radius 1 is 0.875 bits per heavy atom. The van der Waals surface area contributed by atoms with Crippen molar-refractivity contribution in [3.05, 3.63) is 65.2 Å². The zero-order valence-electron chi connectivity index (χ0n) is 18.3. The first-order chi connectivity index (χ1) is 15.1. The molecule has 9 heteroatoms. The van der Waals surface area contributed by atoms with Crippen molar-refractivity contribution in [3.8, 4) is 0 Å². The van der Waals surface area contributed by atoms with E-state index in [1.165, 1.54) is 22.7 Å². The fraction of sp³-hybridized carbons (Fsp3) is 0.348. The predicted octanol–water partition coefficient (Wildman–Crippen LogP) is 4.24. The van der Waals surface area contributed by atoms with Crippen LogP contribution in [0.5, 0.6) is 0 Å². The SMILES string of the molecule is CCCS(=O)(=O)c1c(S(=O)(=O)CCC)c2cc(CC)ccn2c1C(=O)c1ccc(F)cc1. The van der Waals surface area contributed by atoms with Gasteiger partial charge in [0.05, 0.1) is 17.0 Å². The lowest BCUT2D eigenvalue weighted by atomic mass is 10.1. The van der Waals surface area contributed by atoms with E-state index in [1.807, 2.05) is 6.92 Å². The second-order valence-electron chi connectivity index (χ2n) is 7.62. The van der Waals surface area contributed by atoms with Gasteiger partial charge in [-0.2, -0.15) is 0 Å². The molecule has 0 radical (unpaired) electrons. The first-order valence-electron chi connectivity index (χ1n) is 10.5. The molecule has 0 unspecified atom stereocenters. The van der Waals surface area contributed by atoms with Gasteiger partial charge < -0.3 is 4.40 Å². The zero-order chi connectivity index (χ0) is 23.7. The van der Waals surface area contributed by atoms with E-state index in [4.69, 9.17) is 0 Å². The van der Waals surface area contributed by atoms with E-state index in [-0.39, 0.29) is 39.6 Å². The van der Waals surface area contributed by atoms with Crippen LogP contribution in [0.4, 0.5) is 4.39 Å². The highest BCUT2D eigenvalue weighted by molar-refractivity contribution is 7.94. The number of ketones is 1. The summed E-state index contributed by atoms with van der Waals surface area (Å²) in [6, 6.07) is 8.07. The van der Waals surface area contributed by atoms with Crippen LogP contribution < -0.4 is 0 Å². The van der Waals surface area contributed by atoms with E-state index in [1.54, 1.807) is 26.0 Å². The molecule has 3 aromatic rings. The molecule has 1 aromatic carbocycles. The molecule has 32 heavy (non-hydrogen) atoms. The van der Waals surface area contributed by atoms with Crippen LogP contribution in [0, 0.1) is 5.82 Å². The largest absolute Gasteiger partial charge is 0.311 e.